The van der Waals surface area contributed by atoms with Gasteiger partial charge in [-0.15, -0.1) is 0 Å². The maximum absolute atomic E-state index is 14.2. The summed E-state index contributed by atoms with van der Waals surface area (Å²) in [5.74, 6) is -2.82. The van der Waals surface area contributed by atoms with Crippen LogP contribution in [0.15, 0.2) is 27.8 Å². The molecule has 0 spiro atoms. The third kappa shape index (κ3) is 4.47. The molecule has 3 N–H and O–H groups in total. The van der Waals surface area contributed by atoms with Crippen molar-refractivity contribution in [2.75, 3.05) is 17.2 Å². The van der Waals surface area contributed by atoms with Crippen LogP contribution in [0.3, 0.4) is 0 Å². The van der Waals surface area contributed by atoms with Crippen molar-refractivity contribution in [2.45, 2.75) is 40.2 Å². The van der Waals surface area contributed by atoms with Crippen LogP contribution in [0, 0.1) is 17.6 Å². The zero-order valence-electron chi connectivity index (χ0n) is 16.1. The fourth-order valence-corrected chi connectivity index (χ4v) is 2.82. The molecule has 1 aromatic carbocycles. The fourth-order valence-electron chi connectivity index (χ4n) is 2.82. The number of aromatic nitrogens is 2. The van der Waals surface area contributed by atoms with E-state index in [4.69, 9.17) is 5.73 Å². The monoisotopic (exact) mass is 394 g/mol. The first-order chi connectivity index (χ1) is 13.2. The van der Waals surface area contributed by atoms with E-state index in [1.54, 1.807) is 0 Å². The second-order valence-electron chi connectivity index (χ2n) is 6.93. The van der Waals surface area contributed by atoms with Crippen molar-refractivity contribution in [3.63, 3.8) is 0 Å². The summed E-state index contributed by atoms with van der Waals surface area (Å²) < 4.78 is 28.5. The van der Waals surface area contributed by atoms with Gasteiger partial charge in [0.25, 0.3) is 11.5 Å². The van der Waals surface area contributed by atoms with E-state index in [2.05, 4.69) is 4.98 Å². The summed E-state index contributed by atoms with van der Waals surface area (Å²) in [5, 5.41) is 0. The number of carbonyl (C=O) groups excluding carboxylic acids is 1. The highest BCUT2D eigenvalue weighted by molar-refractivity contribution is 6.07. The largest absolute Gasteiger partial charge is 0.383 e. The Morgan fingerprint density at radius 1 is 1.29 bits per heavy atom. The van der Waals surface area contributed by atoms with E-state index in [0.29, 0.717) is 18.9 Å². The molecule has 0 unspecified atom stereocenters. The molecule has 1 amide bonds. The highest BCUT2D eigenvalue weighted by Crippen LogP contribution is 2.22. The lowest BCUT2D eigenvalue weighted by Crippen LogP contribution is -2.42. The molecule has 9 heteroatoms. The van der Waals surface area contributed by atoms with E-state index >= 15 is 0 Å². The number of H-pyrrole nitrogens is 1. The molecule has 0 bridgehead atoms. The Labute approximate surface area is 160 Å². The summed E-state index contributed by atoms with van der Waals surface area (Å²) >= 11 is 0. The molecule has 1 aromatic heterocycles. The number of anilines is 2. The number of nitrogen functional groups attached to an aromatic ring is 1. The van der Waals surface area contributed by atoms with E-state index in [1.165, 1.54) is 4.57 Å². The van der Waals surface area contributed by atoms with Crippen molar-refractivity contribution in [1.29, 1.82) is 0 Å². The molecule has 0 radical (unpaired) electrons. The molecule has 0 aliphatic rings. The number of hydrogen-bond acceptors (Lipinski definition) is 4. The maximum Gasteiger partial charge on any atom is 0.330 e. The summed E-state index contributed by atoms with van der Waals surface area (Å²) in [6.07, 6.45) is 1.20. The van der Waals surface area contributed by atoms with Gasteiger partial charge < -0.3 is 10.6 Å². The summed E-state index contributed by atoms with van der Waals surface area (Å²) in [6.45, 7) is 5.93. The predicted octanol–water partition coefficient (Wildman–Crippen LogP) is 2.50. The SMILES string of the molecule is CCCCN(C(=O)c1ccc(F)cc1F)c1c(N)n(CC(C)C)c(=O)[nH]c1=O. The van der Waals surface area contributed by atoms with Crippen LogP contribution in [-0.4, -0.2) is 22.0 Å². The van der Waals surface area contributed by atoms with Crippen LogP contribution in [0.2, 0.25) is 0 Å². The van der Waals surface area contributed by atoms with Crippen molar-refractivity contribution in [3.8, 4) is 0 Å². The van der Waals surface area contributed by atoms with Gasteiger partial charge in [-0.3, -0.25) is 19.1 Å². The minimum absolute atomic E-state index is 0.0492. The topological polar surface area (TPSA) is 101 Å². The van der Waals surface area contributed by atoms with E-state index < -0.39 is 34.4 Å². The molecule has 152 valence electrons. The number of nitrogens with zero attached hydrogens (tertiary/aromatic N) is 2. The number of rotatable bonds is 7. The molecule has 1 heterocycles. The van der Waals surface area contributed by atoms with Crippen LogP contribution in [0.4, 0.5) is 20.3 Å². The Morgan fingerprint density at radius 3 is 2.54 bits per heavy atom. The molecule has 28 heavy (non-hydrogen) atoms. The van der Waals surface area contributed by atoms with E-state index in [9.17, 15) is 23.2 Å². The number of unbranched alkanes of at least 4 members (excludes halogenated alkanes) is 1. The van der Waals surface area contributed by atoms with Crippen molar-refractivity contribution in [3.05, 3.63) is 56.2 Å². The molecule has 0 saturated heterocycles. The summed E-state index contributed by atoms with van der Waals surface area (Å²) in [4.78, 5) is 40.8. The second-order valence-corrected chi connectivity index (χ2v) is 6.93. The first kappa shape index (κ1) is 21.3. The van der Waals surface area contributed by atoms with Gasteiger partial charge in [0, 0.05) is 19.2 Å². The molecule has 0 aliphatic heterocycles. The second kappa shape index (κ2) is 8.81. The van der Waals surface area contributed by atoms with Gasteiger partial charge in [0.15, 0.2) is 5.69 Å². The van der Waals surface area contributed by atoms with Crippen LogP contribution in [-0.2, 0) is 6.54 Å². The number of amides is 1. The third-order valence-corrected chi connectivity index (χ3v) is 4.17. The minimum atomic E-state index is -1.04. The van der Waals surface area contributed by atoms with E-state index in [1.807, 2.05) is 20.8 Å². The zero-order valence-corrected chi connectivity index (χ0v) is 16.1. The van der Waals surface area contributed by atoms with Crippen molar-refractivity contribution < 1.29 is 13.6 Å². The van der Waals surface area contributed by atoms with Gasteiger partial charge in [0.05, 0.1) is 5.56 Å². The van der Waals surface area contributed by atoms with Crippen LogP contribution < -0.4 is 21.9 Å². The number of nitrogens with two attached hydrogens (primary N) is 1. The highest BCUT2D eigenvalue weighted by Gasteiger charge is 2.27. The molecular weight excluding hydrogens is 370 g/mol. The summed E-state index contributed by atoms with van der Waals surface area (Å²) in [7, 11) is 0. The lowest BCUT2D eigenvalue weighted by atomic mass is 10.1. The van der Waals surface area contributed by atoms with Gasteiger partial charge in [-0.1, -0.05) is 27.2 Å². The number of hydrogen-bond donors (Lipinski definition) is 2. The van der Waals surface area contributed by atoms with E-state index in [-0.39, 0.29) is 30.5 Å². The lowest BCUT2D eigenvalue weighted by Gasteiger charge is -2.25. The number of aromatic amines is 1. The van der Waals surface area contributed by atoms with Gasteiger partial charge in [0.1, 0.15) is 17.5 Å². The molecule has 0 aliphatic carbocycles. The standard InChI is InChI=1S/C19H24F2N4O3/c1-4-5-8-24(18(27)13-7-6-12(20)9-14(13)21)15-16(22)25(10-11(2)3)19(28)23-17(15)26/h6-7,9,11H,4-5,8,10,22H2,1-3H3,(H,23,26,28). The van der Waals surface area contributed by atoms with Crippen molar-refractivity contribution >= 4 is 17.4 Å². The molecule has 0 fully saturated rings. The minimum Gasteiger partial charge on any atom is -0.383 e. The Kier molecular flexibility index (Phi) is 6.71. The average molecular weight is 394 g/mol. The molecule has 2 aromatic rings. The summed E-state index contributed by atoms with van der Waals surface area (Å²) in [6, 6.07) is 2.57. The Bertz CT molecular complexity index is 982. The van der Waals surface area contributed by atoms with Gasteiger partial charge in [-0.2, -0.15) is 0 Å². The molecule has 0 saturated carbocycles. The fraction of sp³-hybridized carbons (Fsp3) is 0.421. The first-order valence-corrected chi connectivity index (χ1v) is 9.06. The predicted molar refractivity (Wildman–Crippen MR) is 104 cm³/mol. The number of nitrogens with one attached hydrogen (secondary N) is 1. The maximum atomic E-state index is 14.2. The average Bonchev–Trinajstić information content (AvgIpc) is 2.60. The third-order valence-electron chi connectivity index (χ3n) is 4.17. The summed E-state index contributed by atoms with van der Waals surface area (Å²) in [5.41, 5.74) is 3.95. The molecule has 0 atom stereocenters. The van der Waals surface area contributed by atoms with Gasteiger partial charge >= 0.3 is 5.69 Å². The number of carbonyl (C=O) groups is 1. The van der Waals surface area contributed by atoms with Crippen LogP contribution >= 0.6 is 0 Å². The van der Waals surface area contributed by atoms with Gasteiger partial charge in [0.2, 0.25) is 0 Å². The Balaban J connectivity index is 2.64. The van der Waals surface area contributed by atoms with Crippen LogP contribution in [0.1, 0.15) is 44.0 Å². The highest BCUT2D eigenvalue weighted by atomic mass is 19.1. The number of halogens is 2. The molecule has 2 rings (SSSR count). The lowest BCUT2D eigenvalue weighted by molar-refractivity contribution is 0.0982. The van der Waals surface area contributed by atoms with E-state index in [0.717, 1.165) is 17.0 Å². The van der Waals surface area contributed by atoms with Crippen molar-refractivity contribution in [2.24, 2.45) is 5.92 Å². The quantitative estimate of drug-likeness (QED) is 0.753. The van der Waals surface area contributed by atoms with Crippen molar-refractivity contribution in [1.82, 2.24) is 9.55 Å². The van der Waals surface area contributed by atoms with Gasteiger partial charge in [-0.25, -0.2) is 13.6 Å². The van der Waals surface area contributed by atoms with Gasteiger partial charge in [-0.05, 0) is 24.5 Å². The van der Waals surface area contributed by atoms with Crippen LogP contribution in [0.25, 0.3) is 0 Å². The van der Waals surface area contributed by atoms with Crippen LogP contribution in [0.5, 0.6) is 0 Å². The molecular formula is C19H24F2N4O3. The zero-order chi connectivity index (χ0) is 21.0. The number of benzene rings is 1. The molecule has 7 nitrogen and oxygen atoms in total. The smallest absolute Gasteiger partial charge is 0.330 e. The first-order valence-electron chi connectivity index (χ1n) is 9.06. The Morgan fingerprint density at radius 2 is 1.96 bits per heavy atom. The Hall–Kier alpha value is -2.97. The normalized spacial score (nSPS) is 11.1.